The third-order valence-corrected chi connectivity index (χ3v) is 5.44. The molecule has 0 radical (unpaired) electrons. The van der Waals surface area contributed by atoms with Gasteiger partial charge in [0.2, 0.25) is 5.13 Å². The third-order valence-electron chi connectivity index (χ3n) is 4.62. The minimum atomic E-state index is -0.281. The predicted molar refractivity (Wildman–Crippen MR) is 113 cm³/mol. The van der Waals surface area contributed by atoms with Gasteiger partial charge in [-0.2, -0.15) is 0 Å². The van der Waals surface area contributed by atoms with Crippen LogP contribution in [0.5, 0.6) is 0 Å². The molecule has 29 heavy (non-hydrogen) atoms. The average molecular weight is 413 g/mol. The van der Waals surface area contributed by atoms with Crippen LogP contribution in [0.4, 0.5) is 0 Å². The average Bonchev–Trinajstić information content (AvgIpc) is 3.31. The molecule has 2 aromatic heterocycles. The molecule has 0 N–H and O–H groups in total. The Hall–Kier alpha value is -2.12. The van der Waals surface area contributed by atoms with Gasteiger partial charge in [-0.15, -0.1) is 17.8 Å². The summed E-state index contributed by atoms with van der Waals surface area (Å²) in [4.78, 5) is 30.9. The van der Waals surface area contributed by atoms with Crippen molar-refractivity contribution in [2.75, 3.05) is 0 Å². The van der Waals surface area contributed by atoms with E-state index in [2.05, 4.69) is 4.98 Å². The van der Waals surface area contributed by atoms with Crippen LogP contribution in [0.1, 0.15) is 25.3 Å². The third kappa shape index (κ3) is 4.26. The summed E-state index contributed by atoms with van der Waals surface area (Å²) in [5.74, 6) is 0. The number of rotatable bonds is 6. The first-order chi connectivity index (χ1) is 13.7. The number of hydrogen-bond acceptors (Lipinski definition) is 4. The molecule has 142 valence electrons. The monoisotopic (exact) mass is 413 g/mol. The van der Waals surface area contributed by atoms with Crippen LogP contribution >= 0.6 is 11.3 Å². The maximum Gasteiger partial charge on any atom is 1.00 e. The van der Waals surface area contributed by atoms with Gasteiger partial charge in [-0.25, -0.2) is 19.9 Å². The normalized spacial score (nSPS) is 10.7. The van der Waals surface area contributed by atoms with E-state index in [1.165, 1.54) is 20.7 Å². The Balaban J connectivity index is 0.00000240. The largest absolute Gasteiger partial charge is 1.00 e. The van der Waals surface area contributed by atoms with Crippen LogP contribution in [-0.2, 0) is 6.42 Å². The van der Waals surface area contributed by atoms with Crippen molar-refractivity contribution in [1.29, 1.82) is 0 Å². The number of thiazole rings is 1. The summed E-state index contributed by atoms with van der Waals surface area (Å²) in [6, 6.07) is 19.0. The van der Waals surface area contributed by atoms with Crippen molar-refractivity contribution in [3.05, 3.63) is 92.3 Å². The van der Waals surface area contributed by atoms with Gasteiger partial charge in [0.25, 0.3) is 0 Å². The molecule has 4 aromatic rings. The summed E-state index contributed by atoms with van der Waals surface area (Å²) in [7, 11) is 0. The smallest absolute Gasteiger partial charge is 0.308 e. The van der Waals surface area contributed by atoms with Gasteiger partial charge in [0.05, 0.1) is 11.4 Å². The van der Waals surface area contributed by atoms with Crippen molar-refractivity contribution in [2.24, 2.45) is 0 Å². The molecule has 0 saturated carbocycles. The summed E-state index contributed by atoms with van der Waals surface area (Å²) in [5, 5.41) is 2.41. The Morgan fingerprint density at radius 2 is 1.55 bits per heavy atom. The van der Waals surface area contributed by atoms with Crippen molar-refractivity contribution in [3.63, 3.8) is 0 Å². The van der Waals surface area contributed by atoms with Gasteiger partial charge in [0.1, 0.15) is 11.1 Å². The summed E-state index contributed by atoms with van der Waals surface area (Å²) in [6.07, 6.45) is 2.20. The van der Waals surface area contributed by atoms with Crippen LogP contribution in [0.2, 0.25) is 0 Å². The number of unbranched alkanes of at least 4 members (excludes halogenated alkanes) is 1. The summed E-state index contributed by atoms with van der Waals surface area (Å²) < 4.78 is 2.86. The van der Waals surface area contributed by atoms with E-state index in [1.807, 2.05) is 73.0 Å². The summed E-state index contributed by atoms with van der Waals surface area (Å²) >= 11 is 1.36. The van der Waals surface area contributed by atoms with Gasteiger partial charge in [-0.05, 0) is 12.1 Å². The van der Waals surface area contributed by atoms with E-state index in [1.54, 1.807) is 0 Å². The molecular weight excluding hydrogens is 393 g/mol. The molecule has 0 saturated heterocycles. The van der Waals surface area contributed by atoms with Crippen LogP contribution in [-0.4, -0.2) is 14.3 Å². The Morgan fingerprint density at radius 1 is 0.931 bits per heavy atom. The van der Waals surface area contributed by atoms with E-state index in [9.17, 15) is 9.59 Å². The van der Waals surface area contributed by atoms with Crippen molar-refractivity contribution >= 4 is 11.3 Å². The molecule has 4 rings (SSSR count). The van der Waals surface area contributed by atoms with Gasteiger partial charge in [-0.3, -0.25) is 0 Å². The Morgan fingerprint density at radius 3 is 2.21 bits per heavy atom. The molecular formula is C22H20N3NaO2S. The SMILES string of the molecule is CCCC[c-]1c(=O)n(-c2ccccc2)n(-c2nc(-c3ccccc3)cs2)c1=O.[Na+]. The van der Waals surface area contributed by atoms with Gasteiger partial charge >= 0.3 is 29.6 Å². The van der Waals surface area contributed by atoms with Gasteiger partial charge in [-0.1, -0.05) is 68.3 Å². The van der Waals surface area contributed by atoms with Gasteiger partial charge in [0.15, 0.2) is 0 Å². The predicted octanol–water partition coefficient (Wildman–Crippen LogP) is 1.18. The zero-order valence-electron chi connectivity index (χ0n) is 16.5. The molecule has 0 amide bonds. The minimum Gasteiger partial charge on any atom is -0.308 e. The molecule has 0 fully saturated rings. The second-order valence-electron chi connectivity index (χ2n) is 6.53. The maximum absolute atomic E-state index is 13.1. The topological polar surface area (TPSA) is 56.9 Å². The first-order valence-corrected chi connectivity index (χ1v) is 10.2. The van der Waals surface area contributed by atoms with Crippen LogP contribution in [0, 0.1) is 0 Å². The Kier molecular flexibility index (Phi) is 7.14. The quantitative estimate of drug-likeness (QED) is 0.352. The van der Waals surface area contributed by atoms with Crippen molar-refractivity contribution in [3.8, 4) is 22.1 Å². The first-order valence-electron chi connectivity index (χ1n) is 9.31. The number of para-hydroxylation sites is 1. The Bertz CT molecular complexity index is 1190. The second-order valence-corrected chi connectivity index (χ2v) is 7.37. The fourth-order valence-electron chi connectivity index (χ4n) is 3.17. The molecule has 0 aliphatic carbocycles. The van der Waals surface area contributed by atoms with Gasteiger partial charge in [0, 0.05) is 10.9 Å². The van der Waals surface area contributed by atoms with E-state index in [4.69, 9.17) is 0 Å². The van der Waals surface area contributed by atoms with Crippen LogP contribution < -0.4 is 40.7 Å². The van der Waals surface area contributed by atoms with E-state index in [0.29, 0.717) is 22.8 Å². The minimum absolute atomic E-state index is 0. The summed E-state index contributed by atoms with van der Waals surface area (Å²) in [5.41, 5.74) is 2.20. The molecule has 0 unspecified atom stereocenters. The molecule has 0 aliphatic heterocycles. The number of hydrogen-bond donors (Lipinski definition) is 0. The van der Waals surface area contributed by atoms with E-state index in [-0.39, 0.29) is 40.7 Å². The first kappa shape index (κ1) is 21.6. The molecule has 5 nitrogen and oxygen atoms in total. The molecule has 0 atom stereocenters. The fraction of sp³-hybridized carbons (Fsp3) is 0.182. The standard InChI is InChI=1S/C22H20N3O2S.Na/c1-2-3-14-18-20(26)24(17-12-8-5-9-13-17)25(21(18)27)22-23-19(15-28-22)16-10-6-4-7-11-16;/h4-13,15H,2-3,14H2,1H3;/q-1;+1. The maximum atomic E-state index is 13.1. The Labute approximate surface area is 194 Å². The van der Waals surface area contributed by atoms with Crippen LogP contribution in [0.25, 0.3) is 22.1 Å². The zero-order valence-corrected chi connectivity index (χ0v) is 19.4. The van der Waals surface area contributed by atoms with Gasteiger partial charge < -0.3 is 9.59 Å². The number of benzene rings is 2. The molecule has 0 spiro atoms. The van der Waals surface area contributed by atoms with Crippen molar-refractivity contribution in [1.82, 2.24) is 14.3 Å². The number of aromatic nitrogens is 3. The van der Waals surface area contributed by atoms with Crippen LogP contribution in [0.3, 0.4) is 0 Å². The molecule has 0 aliphatic rings. The molecule has 2 heterocycles. The van der Waals surface area contributed by atoms with E-state index < -0.39 is 0 Å². The molecule has 0 bridgehead atoms. The molecule has 2 aromatic carbocycles. The van der Waals surface area contributed by atoms with Crippen molar-refractivity contribution < 1.29 is 29.6 Å². The second kappa shape index (κ2) is 9.59. The molecule has 7 heteroatoms. The number of nitrogens with zero attached hydrogens (tertiary/aromatic N) is 3. The zero-order chi connectivity index (χ0) is 19.5. The fourth-order valence-corrected chi connectivity index (χ4v) is 3.99. The van der Waals surface area contributed by atoms with Crippen LogP contribution in [0.15, 0.2) is 75.6 Å². The van der Waals surface area contributed by atoms with E-state index >= 15 is 0 Å². The van der Waals surface area contributed by atoms with Crippen molar-refractivity contribution in [2.45, 2.75) is 26.2 Å². The summed E-state index contributed by atoms with van der Waals surface area (Å²) in [6.45, 7) is 2.05. The van der Waals surface area contributed by atoms with E-state index in [0.717, 1.165) is 24.1 Å².